The van der Waals surface area contributed by atoms with Crippen molar-refractivity contribution >= 4 is 11.6 Å². The fourth-order valence-electron chi connectivity index (χ4n) is 3.92. The lowest BCUT2D eigenvalue weighted by atomic mass is 9.77. The van der Waals surface area contributed by atoms with Crippen molar-refractivity contribution in [1.82, 2.24) is 5.01 Å². The average Bonchev–Trinajstić information content (AvgIpc) is 3.01. The Balaban J connectivity index is 1.81. The first kappa shape index (κ1) is 15.8. The molecule has 2 aromatic carbocycles. The summed E-state index contributed by atoms with van der Waals surface area (Å²) < 4.78 is 19.7. The van der Waals surface area contributed by atoms with Gasteiger partial charge in [-0.15, -0.1) is 0 Å². The van der Waals surface area contributed by atoms with Crippen LogP contribution in [0.25, 0.3) is 0 Å². The number of carbonyl (C=O) groups excluding carboxylic acids is 1. The summed E-state index contributed by atoms with van der Waals surface area (Å²) >= 11 is 0. The Hall–Kier alpha value is -2.69. The molecule has 1 amide bonds. The highest BCUT2D eigenvalue weighted by Crippen LogP contribution is 2.44. The Morgan fingerprint density at radius 3 is 2.80 bits per heavy atom. The van der Waals surface area contributed by atoms with Crippen molar-refractivity contribution in [2.24, 2.45) is 11.0 Å². The summed E-state index contributed by atoms with van der Waals surface area (Å²) in [5.41, 5.74) is 3.58. The van der Waals surface area contributed by atoms with E-state index in [-0.39, 0.29) is 23.7 Å². The molecule has 128 valence electrons. The molecule has 1 aliphatic carbocycles. The van der Waals surface area contributed by atoms with Gasteiger partial charge in [0.05, 0.1) is 18.9 Å². The van der Waals surface area contributed by atoms with Crippen molar-refractivity contribution in [3.63, 3.8) is 0 Å². The summed E-state index contributed by atoms with van der Waals surface area (Å²) in [7, 11) is 1.64. The number of aryl methyl sites for hydroxylation is 1. The van der Waals surface area contributed by atoms with Crippen LogP contribution in [0, 0.1) is 11.7 Å². The van der Waals surface area contributed by atoms with Gasteiger partial charge < -0.3 is 4.74 Å². The van der Waals surface area contributed by atoms with Crippen molar-refractivity contribution in [2.75, 3.05) is 7.11 Å². The van der Waals surface area contributed by atoms with Crippen LogP contribution in [-0.4, -0.2) is 23.7 Å². The molecule has 2 atom stereocenters. The van der Waals surface area contributed by atoms with E-state index in [0.717, 1.165) is 35.4 Å². The van der Waals surface area contributed by atoms with Gasteiger partial charge in [-0.1, -0.05) is 18.2 Å². The van der Waals surface area contributed by atoms with Gasteiger partial charge in [-0.05, 0) is 42.7 Å². The molecule has 1 aliphatic heterocycles. The first-order valence-electron chi connectivity index (χ1n) is 8.40. The van der Waals surface area contributed by atoms with Crippen molar-refractivity contribution in [2.45, 2.75) is 25.8 Å². The molecule has 0 bridgehead atoms. The number of carbonyl (C=O) groups is 1. The quantitative estimate of drug-likeness (QED) is 0.838. The maximum absolute atomic E-state index is 14.4. The Morgan fingerprint density at radius 2 is 2.08 bits per heavy atom. The minimum Gasteiger partial charge on any atom is -0.497 e. The topological polar surface area (TPSA) is 41.9 Å². The van der Waals surface area contributed by atoms with Crippen LogP contribution in [0.2, 0.25) is 0 Å². The molecular weight excluding hydrogens is 319 g/mol. The smallest absolute Gasteiger partial charge is 0.240 e. The van der Waals surface area contributed by atoms with Gasteiger partial charge in [-0.2, -0.15) is 5.10 Å². The molecule has 0 saturated carbocycles. The van der Waals surface area contributed by atoms with Crippen LogP contribution in [0.1, 0.15) is 36.1 Å². The molecule has 0 fully saturated rings. The summed E-state index contributed by atoms with van der Waals surface area (Å²) in [6.07, 6.45) is 1.68. The summed E-state index contributed by atoms with van der Waals surface area (Å²) in [6, 6.07) is 12.2. The number of hydrogen-bond acceptors (Lipinski definition) is 3. The van der Waals surface area contributed by atoms with E-state index in [2.05, 4.69) is 5.10 Å². The Kier molecular flexibility index (Phi) is 3.79. The van der Waals surface area contributed by atoms with Crippen molar-refractivity contribution in [3.05, 3.63) is 65.0 Å². The van der Waals surface area contributed by atoms with Gasteiger partial charge >= 0.3 is 0 Å². The zero-order valence-electron chi connectivity index (χ0n) is 14.2. The molecule has 0 N–H and O–H groups in total. The normalized spacial score (nSPS) is 21.4. The van der Waals surface area contributed by atoms with Crippen LogP contribution in [0.3, 0.4) is 0 Å². The molecule has 25 heavy (non-hydrogen) atoms. The Labute approximate surface area is 145 Å². The van der Waals surface area contributed by atoms with Crippen LogP contribution in [-0.2, 0) is 11.2 Å². The van der Waals surface area contributed by atoms with E-state index in [1.807, 2.05) is 18.2 Å². The van der Waals surface area contributed by atoms with E-state index in [0.29, 0.717) is 5.56 Å². The third-order valence-corrected chi connectivity index (χ3v) is 5.07. The number of benzene rings is 2. The zero-order valence-corrected chi connectivity index (χ0v) is 14.2. The van der Waals surface area contributed by atoms with Gasteiger partial charge in [0.25, 0.3) is 0 Å². The van der Waals surface area contributed by atoms with E-state index in [9.17, 15) is 9.18 Å². The second kappa shape index (κ2) is 5.99. The Morgan fingerprint density at radius 1 is 1.28 bits per heavy atom. The fourth-order valence-corrected chi connectivity index (χ4v) is 3.92. The predicted molar refractivity (Wildman–Crippen MR) is 93.0 cm³/mol. The summed E-state index contributed by atoms with van der Waals surface area (Å²) in [5.74, 6) is 0.340. The maximum atomic E-state index is 14.4. The SMILES string of the molecule is COc1ccc2c(c1)CC[C@@H]1C2=NN(C(C)=O)[C@H]1c1ccccc1F. The molecule has 1 heterocycles. The van der Waals surface area contributed by atoms with Crippen LogP contribution in [0.5, 0.6) is 5.75 Å². The first-order valence-corrected chi connectivity index (χ1v) is 8.40. The summed E-state index contributed by atoms with van der Waals surface area (Å²) in [6.45, 7) is 1.48. The van der Waals surface area contributed by atoms with Gasteiger partial charge in [0.2, 0.25) is 5.91 Å². The zero-order chi connectivity index (χ0) is 17.6. The Bertz CT molecular complexity index is 878. The van der Waals surface area contributed by atoms with Gasteiger partial charge in [-0.3, -0.25) is 4.79 Å². The lowest BCUT2D eigenvalue weighted by Gasteiger charge is -2.29. The van der Waals surface area contributed by atoms with Crippen LogP contribution in [0.15, 0.2) is 47.6 Å². The van der Waals surface area contributed by atoms with Gasteiger partial charge in [0.15, 0.2) is 0 Å². The lowest BCUT2D eigenvalue weighted by molar-refractivity contribution is -0.131. The lowest BCUT2D eigenvalue weighted by Crippen LogP contribution is -2.31. The minimum absolute atomic E-state index is 0.00157. The number of nitrogens with zero attached hydrogens (tertiary/aromatic N) is 2. The summed E-state index contributed by atoms with van der Waals surface area (Å²) in [5, 5.41) is 6.04. The highest BCUT2D eigenvalue weighted by molar-refractivity contribution is 6.06. The second-order valence-electron chi connectivity index (χ2n) is 6.48. The predicted octanol–water partition coefficient (Wildman–Crippen LogP) is 3.70. The van der Waals surface area contributed by atoms with Crippen molar-refractivity contribution in [3.8, 4) is 5.75 Å². The van der Waals surface area contributed by atoms with E-state index in [1.165, 1.54) is 18.0 Å². The van der Waals surface area contributed by atoms with Gasteiger partial charge in [0.1, 0.15) is 11.6 Å². The van der Waals surface area contributed by atoms with Gasteiger partial charge in [-0.25, -0.2) is 9.40 Å². The molecule has 0 saturated heterocycles. The van der Waals surface area contributed by atoms with E-state index < -0.39 is 0 Å². The monoisotopic (exact) mass is 338 g/mol. The molecule has 0 unspecified atom stereocenters. The molecule has 4 rings (SSSR count). The highest BCUT2D eigenvalue weighted by Gasteiger charge is 2.43. The van der Waals surface area contributed by atoms with Gasteiger partial charge in [0, 0.05) is 24.0 Å². The second-order valence-corrected chi connectivity index (χ2v) is 6.48. The average molecular weight is 338 g/mol. The summed E-state index contributed by atoms with van der Waals surface area (Å²) in [4.78, 5) is 12.2. The van der Waals surface area contributed by atoms with Crippen LogP contribution >= 0.6 is 0 Å². The number of hydrazone groups is 1. The third kappa shape index (κ3) is 2.51. The molecule has 4 nitrogen and oxygen atoms in total. The molecule has 0 spiro atoms. The molecule has 0 radical (unpaired) electrons. The molecular formula is C20H19FN2O2. The number of rotatable bonds is 2. The molecule has 2 aromatic rings. The fraction of sp³-hybridized carbons (Fsp3) is 0.300. The van der Waals surface area contributed by atoms with Crippen LogP contribution < -0.4 is 4.74 Å². The standard InChI is InChI=1S/C20H19FN2O2/c1-12(24)23-20(16-5-3-4-6-18(16)21)17-9-7-13-11-14(25-2)8-10-15(13)19(17)22-23/h3-6,8,10-11,17,20H,7,9H2,1-2H3/t17-,20+/m1/s1. The third-order valence-electron chi connectivity index (χ3n) is 5.07. The number of ether oxygens (including phenoxy) is 1. The van der Waals surface area contributed by atoms with Crippen molar-refractivity contribution in [1.29, 1.82) is 0 Å². The first-order chi connectivity index (χ1) is 12.1. The largest absolute Gasteiger partial charge is 0.497 e. The maximum Gasteiger partial charge on any atom is 0.240 e. The molecule has 0 aromatic heterocycles. The molecule has 5 heteroatoms. The van der Waals surface area contributed by atoms with Crippen molar-refractivity contribution < 1.29 is 13.9 Å². The number of hydrogen-bond donors (Lipinski definition) is 0. The number of fused-ring (bicyclic) bond motifs is 3. The highest BCUT2D eigenvalue weighted by atomic mass is 19.1. The number of halogens is 1. The number of amides is 1. The van der Waals surface area contributed by atoms with Crippen LogP contribution in [0.4, 0.5) is 4.39 Å². The number of methoxy groups -OCH3 is 1. The van der Waals surface area contributed by atoms with E-state index in [1.54, 1.807) is 25.3 Å². The van der Waals surface area contributed by atoms with E-state index in [4.69, 9.17) is 4.74 Å². The van der Waals surface area contributed by atoms with E-state index >= 15 is 0 Å². The molecule has 2 aliphatic rings. The minimum atomic E-state index is -0.385.